The number of benzene rings is 9. The highest BCUT2D eigenvalue weighted by atomic mass is 14.9. The minimum Gasteiger partial charge on any atom is -0.228 e. The van der Waals surface area contributed by atoms with Gasteiger partial charge in [-0.15, -0.1) is 0 Å². The lowest BCUT2D eigenvalue weighted by Gasteiger charge is -2.22. The van der Waals surface area contributed by atoms with E-state index in [1.165, 1.54) is 66.1 Å². The van der Waals surface area contributed by atoms with Crippen LogP contribution in [0.3, 0.4) is 0 Å². The van der Waals surface area contributed by atoms with E-state index in [4.69, 9.17) is 9.97 Å². The minimum atomic E-state index is -0.116. The Balaban J connectivity index is 1.07. The van der Waals surface area contributed by atoms with Crippen molar-refractivity contribution < 1.29 is 0 Å². The molecule has 1 aliphatic carbocycles. The number of rotatable bonds is 5. The van der Waals surface area contributed by atoms with E-state index in [-0.39, 0.29) is 5.41 Å². The molecule has 0 radical (unpaired) electrons. The average Bonchev–Trinajstić information content (AvgIpc) is 3.51. The molecule has 2 heteroatoms. The molecule has 0 saturated heterocycles. The topological polar surface area (TPSA) is 25.8 Å². The van der Waals surface area contributed by atoms with Gasteiger partial charge in [-0.3, -0.25) is 0 Å². The summed E-state index contributed by atoms with van der Waals surface area (Å²) in [6.45, 7) is 4.74. The molecule has 2 nitrogen and oxygen atoms in total. The molecular formula is C55H38N2. The van der Waals surface area contributed by atoms with Crippen LogP contribution in [-0.4, -0.2) is 9.97 Å². The molecule has 0 N–H and O–H groups in total. The second kappa shape index (κ2) is 13.0. The molecular weight excluding hydrogens is 689 g/mol. The Morgan fingerprint density at radius 1 is 0.333 bits per heavy atom. The second-order valence-electron chi connectivity index (χ2n) is 15.7. The maximum Gasteiger partial charge on any atom is 0.161 e. The molecule has 1 aliphatic rings. The molecule has 10 aromatic rings. The van der Waals surface area contributed by atoms with Crippen molar-refractivity contribution >= 4 is 32.3 Å². The van der Waals surface area contributed by atoms with Crippen molar-refractivity contribution in [3.63, 3.8) is 0 Å². The zero-order chi connectivity index (χ0) is 38.1. The monoisotopic (exact) mass is 726 g/mol. The van der Waals surface area contributed by atoms with Crippen LogP contribution in [0.2, 0.25) is 0 Å². The van der Waals surface area contributed by atoms with Gasteiger partial charge in [-0.1, -0.05) is 196 Å². The Morgan fingerprint density at radius 2 is 0.895 bits per heavy atom. The molecule has 57 heavy (non-hydrogen) atoms. The first-order valence-corrected chi connectivity index (χ1v) is 19.7. The molecule has 1 aromatic heterocycles. The summed E-state index contributed by atoms with van der Waals surface area (Å²) >= 11 is 0. The van der Waals surface area contributed by atoms with Crippen LogP contribution in [0.15, 0.2) is 194 Å². The highest BCUT2D eigenvalue weighted by molar-refractivity contribution is 6.07. The quantitative estimate of drug-likeness (QED) is 0.176. The summed E-state index contributed by atoms with van der Waals surface area (Å²) in [4.78, 5) is 10.6. The minimum absolute atomic E-state index is 0.116. The van der Waals surface area contributed by atoms with E-state index in [0.717, 1.165) is 38.9 Å². The third-order valence-electron chi connectivity index (χ3n) is 12.1. The number of fused-ring (bicyclic) bond motifs is 7. The molecule has 11 rings (SSSR count). The summed E-state index contributed by atoms with van der Waals surface area (Å²) in [6, 6.07) is 70.1. The van der Waals surface area contributed by atoms with Crippen LogP contribution in [0.5, 0.6) is 0 Å². The maximum atomic E-state index is 5.37. The SMILES string of the molecule is CC1(C)c2cc(-c3ccc(-c4cc(-c5ccc(-c6ccccc6)cc5)nc(-c5cccc6ccccc56)n4)c4ccccc34)ccc2-c2c1ccc1ccccc21. The molecule has 0 fully saturated rings. The lowest BCUT2D eigenvalue weighted by Crippen LogP contribution is -2.15. The first-order chi connectivity index (χ1) is 28.0. The first kappa shape index (κ1) is 33.2. The van der Waals surface area contributed by atoms with Gasteiger partial charge in [-0.2, -0.15) is 0 Å². The molecule has 0 aliphatic heterocycles. The lowest BCUT2D eigenvalue weighted by atomic mass is 9.81. The molecule has 268 valence electrons. The Bertz CT molecular complexity index is 3190. The second-order valence-corrected chi connectivity index (χ2v) is 15.7. The fraction of sp³-hybridized carbons (Fsp3) is 0.0545. The normalized spacial score (nSPS) is 12.9. The van der Waals surface area contributed by atoms with Crippen molar-refractivity contribution in [3.05, 3.63) is 205 Å². The molecule has 0 unspecified atom stereocenters. The van der Waals surface area contributed by atoms with Crippen LogP contribution in [0.25, 0.3) is 99.6 Å². The summed E-state index contributed by atoms with van der Waals surface area (Å²) in [7, 11) is 0. The highest BCUT2D eigenvalue weighted by Crippen LogP contribution is 2.52. The van der Waals surface area contributed by atoms with Crippen LogP contribution in [0.4, 0.5) is 0 Å². The summed E-state index contributed by atoms with van der Waals surface area (Å²) < 4.78 is 0. The van der Waals surface area contributed by atoms with Crippen LogP contribution >= 0.6 is 0 Å². The summed E-state index contributed by atoms with van der Waals surface area (Å²) in [5.74, 6) is 0.715. The van der Waals surface area contributed by atoms with Gasteiger partial charge in [-0.05, 0) is 89.0 Å². The number of hydrogen-bond donors (Lipinski definition) is 0. The Hall–Kier alpha value is -7.16. The first-order valence-electron chi connectivity index (χ1n) is 19.7. The van der Waals surface area contributed by atoms with Crippen molar-refractivity contribution in [3.8, 4) is 67.3 Å². The molecule has 0 saturated carbocycles. The summed E-state index contributed by atoms with van der Waals surface area (Å²) in [5.41, 5.74) is 15.1. The van der Waals surface area contributed by atoms with Gasteiger partial charge in [0.15, 0.2) is 5.82 Å². The summed E-state index contributed by atoms with van der Waals surface area (Å²) in [6.07, 6.45) is 0. The van der Waals surface area contributed by atoms with Crippen LogP contribution < -0.4 is 0 Å². The van der Waals surface area contributed by atoms with Gasteiger partial charge < -0.3 is 0 Å². The van der Waals surface area contributed by atoms with Gasteiger partial charge >= 0.3 is 0 Å². The molecule has 1 heterocycles. The fourth-order valence-electron chi connectivity index (χ4n) is 9.19. The zero-order valence-electron chi connectivity index (χ0n) is 31.9. The van der Waals surface area contributed by atoms with Gasteiger partial charge in [0, 0.05) is 22.1 Å². The van der Waals surface area contributed by atoms with E-state index in [0.29, 0.717) is 5.82 Å². The third kappa shape index (κ3) is 5.40. The van der Waals surface area contributed by atoms with E-state index in [1.807, 2.05) is 0 Å². The summed E-state index contributed by atoms with van der Waals surface area (Å²) in [5, 5.41) is 7.28. The average molecular weight is 727 g/mol. The lowest BCUT2D eigenvalue weighted by molar-refractivity contribution is 0.661. The van der Waals surface area contributed by atoms with Gasteiger partial charge in [0.1, 0.15) is 0 Å². The number of nitrogens with zero attached hydrogens (tertiary/aromatic N) is 2. The van der Waals surface area contributed by atoms with Crippen LogP contribution in [-0.2, 0) is 5.41 Å². The number of hydrogen-bond acceptors (Lipinski definition) is 2. The van der Waals surface area contributed by atoms with E-state index in [1.54, 1.807) is 0 Å². The predicted octanol–water partition coefficient (Wildman–Crippen LogP) is 14.6. The van der Waals surface area contributed by atoms with Crippen molar-refractivity contribution in [2.24, 2.45) is 0 Å². The molecule has 0 spiro atoms. The highest BCUT2D eigenvalue weighted by Gasteiger charge is 2.36. The van der Waals surface area contributed by atoms with Gasteiger partial charge in [0.25, 0.3) is 0 Å². The van der Waals surface area contributed by atoms with Gasteiger partial charge in [0.2, 0.25) is 0 Å². The smallest absolute Gasteiger partial charge is 0.161 e. The third-order valence-corrected chi connectivity index (χ3v) is 12.1. The fourth-order valence-corrected chi connectivity index (χ4v) is 9.19. The molecule has 0 atom stereocenters. The van der Waals surface area contributed by atoms with E-state index < -0.39 is 0 Å². The van der Waals surface area contributed by atoms with Crippen molar-refractivity contribution in [2.45, 2.75) is 19.3 Å². The molecule has 0 bridgehead atoms. The standard InChI is InChI=1S/C55H38N2/c1-55(2)49-32-28-38-16-7-9-19-43(38)53(49)48-29-27-40(33-50(48)55)42-30-31-46(45-21-11-10-20-44(42)45)52-34-51(39-25-23-36(24-26-39)35-13-4-3-5-14-35)56-54(57-52)47-22-12-17-37-15-6-8-18-41(37)47/h3-34H,1-2H3. The predicted molar refractivity (Wildman–Crippen MR) is 239 cm³/mol. The molecule has 9 aromatic carbocycles. The van der Waals surface area contributed by atoms with E-state index in [9.17, 15) is 0 Å². The van der Waals surface area contributed by atoms with E-state index >= 15 is 0 Å². The van der Waals surface area contributed by atoms with Gasteiger partial charge in [0.05, 0.1) is 11.4 Å². The van der Waals surface area contributed by atoms with Crippen molar-refractivity contribution in [2.75, 3.05) is 0 Å². The van der Waals surface area contributed by atoms with Crippen molar-refractivity contribution in [1.29, 1.82) is 0 Å². The van der Waals surface area contributed by atoms with Crippen LogP contribution in [0.1, 0.15) is 25.0 Å². The van der Waals surface area contributed by atoms with E-state index in [2.05, 4.69) is 208 Å². The number of aromatic nitrogens is 2. The Kier molecular flexibility index (Phi) is 7.55. The zero-order valence-corrected chi connectivity index (χ0v) is 31.9. The van der Waals surface area contributed by atoms with Crippen molar-refractivity contribution in [1.82, 2.24) is 9.97 Å². The largest absolute Gasteiger partial charge is 0.228 e. The molecule has 0 amide bonds. The Labute approximate surface area is 332 Å². The maximum absolute atomic E-state index is 5.37. The van der Waals surface area contributed by atoms with Gasteiger partial charge in [-0.25, -0.2) is 9.97 Å². The van der Waals surface area contributed by atoms with Crippen LogP contribution in [0, 0.1) is 0 Å². The Morgan fingerprint density at radius 3 is 1.68 bits per heavy atom.